The molecule has 0 aromatic heterocycles. The summed E-state index contributed by atoms with van der Waals surface area (Å²) < 4.78 is 0. The van der Waals surface area contributed by atoms with E-state index in [2.05, 4.69) is 24.9 Å². The Morgan fingerprint density at radius 1 is 1.62 bits per heavy atom. The van der Waals surface area contributed by atoms with Gasteiger partial charge in [-0.1, -0.05) is 0 Å². The molecule has 1 heterocycles. The lowest BCUT2D eigenvalue weighted by molar-refractivity contribution is 0.438. The van der Waals surface area contributed by atoms with E-state index in [-0.39, 0.29) is 0 Å². The van der Waals surface area contributed by atoms with Crippen LogP contribution < -0.4 is 5.32 Å². The zero-order valence-electron chi connectivity index (χ0n) is 5.22. The summed E-state index contributed by atoms with van der Waals surface area (Å²) in [5, 5.41) is 3.94. The zero-order chi connectivity index (χ0) is 5.98. The van der Waals surface area contributed by atoms with E-state index >= 15 is 0 Å². The molecule has 0 radical (unpaired) electrons. The number of thiol groups is 1. The SMILES string of the molecule is CC1NCCCC1S. The second kappa shape index (κ2) is 2.74. The number of hydrogen-bond donors (Lipinski definition) is 2. The fraction of sp³-hybridized carbons (Fsp3) is 1.00. The molecule has 48 valence electrons. The average molecular weight is 131 g/mol. The molecule has 0 amide bonds. The molecule has 0 spiro atoms. The fourth-order valence-electron chi connectivity index (χ4n) is 1.03. The zero-order valence-corrected chi connectivity index (χ0v) is 6.12. The van der Waals surface area contributed by atoms with Crippen molar-refractivity contribution in [2.45, 2.75) is 31.1 Å². The van der Waals surface area contributed by atoms with Crippen LogP contribution >= 0.6 is 12.6 Å². The van der Waals surface area contributed by atoms with Crippen LogP contribution in [-0.2, 0) is 0 Å². The van der Waals surface area contributed by atoms with Crippen molar-refractivity contribution in [2.24, 2.45) is 0 Å². The van der Waals surface area contributed by atoms with E-state index in [9.17, 15) is 0 Å². The summed E-state index contributed by atoms with van der Waals surface area (Å²) in [6.45, 7) is 3.37. The molecule has 1 aliphatic heterocycles. The lowest BCUT2D eigenvalue weighted by Crippen LogP contribution is -2.39. The highest BCUT2D eigenvalue weighted by Crippen LogP contribution is 2.12. The van der Waals surface area contributed by atoms with E-state index in [1.54, 1.807) is 0 Å². The van der Waals surface area contributed by atoms with Crippen molar-refractivity contribution in [3.8, 4) is 0 Å². The molecule has 1 rings (SSSR count). The van der Waals surface area contributed by atoms with Crippen LogP contribution in [-0.4, -0.2) is 17.8 Å². The van der Waals surface area contributed by atoms with Crippen molar-refractivity contribution < 1.29 is 0 Å². The van der Waals surface area contributed by atoms with Gasteiger partial charge < -0.3 is 5.32 Å². The predicted octanol–water partition coefficient (Wildman–Crippen LogP) is 1.06. The second-order valence-corrected chi connectivity index (χ2v) is 3.12. The van der Waals surface area contributed by atoms with Gasteiger partial charge in [0.15, 0.2) is 0 Å². The van der Waals surface area contributed by atoms with Gasteiger partial charge in [0.2, 0.25) is 0 Å². The Balaban J connectivity index is 2.28. The minimum atomic E-state index is 0.587. The molecule has 2 heteroatoms. The van der Waals surface area contributed by atoms with Crippen LogP contribution in [0, 0.1) is 0 Å². The molecular weight excluding hydrogens is 118 g/mol. The van der Waals surface area contributed by atoms with Crippen LogP contribution in [0.15, 0.2) is 0 Å². The van der Waals surface area contributed by atoms with Crippen molar-refractivity contribution in [2.75, 3.05) is 6.54 Å². The van der Waals surface area contributed by atoms with Crippen LogP contribution in [0.3, 0.4) is 0 Å². The first-order valence-electron chi connectivity index (χ1n) is 3.22. The first-order chi connectivity index (χ1) is 3.80. The Hall–Kier alpha value is 0.310. The van der Waals surface area contributed by atoms with Crippen LogP contribution in [0.1, 0.15) is 19.8 Å². The standard InChI is InChI=1S/C6H13NS/c1-5-6(8)3-2-4-7-5/h5-8H,2-4H2,1H3. The third kappa shape index (κ3) is 1.39. The summed E-state index contributed by atoms with van der Waals surface area (Å²) in [5.74, 6) is 0. The molecule has 0 aliphatic carbocycles. The van der Waals surface area contributed by atoms with Gasteiger partial charge >= 0.3 is 0 Å². The van der Waals surface area contributed by atoms with Gasteiger partial charge in [0.25, 0.3) is 0 Å². The summed E-state index contributed by atoms with van der Waals surface area (Å²) >= 11 is 4.39. The van der Waals surface area contributed by atoms with Crippen molar-refractivity contribution >= 4 is 12.6 Å². The first-order valence-corrected chi connectivity index (χ1v) is 3.74. The minimum Gasteiger partial charge on any atom is -0.313 e. The molecule has 1 saturated heterocycles. The number of piperidine rings is 1. The molecule has 0 bridgehead atoms. The fourth-order valence-corrected chi connectivity index (χ4v) is 1.31. The quantitative estimate of drug-likeness (QED) is 0.468. The van der Waals surface area contributed by atoms with Crippen LogP contribution in [0.2, 0.25) is 0 Å². The number of nitrogens with one attached hydrogen (secondary N) is 1. The molecule has 1 fully saturated rings. The van der Waals surface area contributed by atoms with E-state index in [0.717, 1.165) is 0 Å². The van der Waals surface area contributed by atoms with Gasteiger partial charge in [0.1, 0.15) is 0 Å². The molecule has 2 unspecified atom stereocenters. The maximum absolute atomic E-state index is 4.39. The van der Waals surface area contributed by atoms with E-state index in [1.807, 2.05) is 0 Å². The maximum atomic E-state index is 4.39. The first kappa shape index (κ1) is 6.43. The third-order valence-corrected chi connectivity index (χ3v) is 2.43. The van der Waals surface area contributed by atoms with Crippen LogP contribution in [0.5, 0.6) is 0 Å². The molecule has 1 N–H and O–H groups in total. The molecular formula is C6H13NS. The van der Waals surface area contributed by atoms with Gasteiger partial charge in [-0.05, 0) is 26.3 Å². The highest BCUT2D eigenvalue weighted by molar-refractivity contribution is 7.81. The van der Waals surface area contributed by atoms with E-state index in [0.29, 0.717) is 11.3 Å². The molecule has 0 aromatic carbocycles. The van der Waals surface area contributed by atoms with Gasteiger partial charge in [-0.2, -0.15) is 12.6 Å². The lowest BCUT2D eigenvalue weighted by atomic mass is 10.1. The summed E-state index contributed by atoms with van der Waals surface area (Å²) in [4.78, 5) is 0. The lowest BCUT2D eigenvalue weighted by Gasteiger charge is -2.25. The molecule has 0 aromatic rings. The second-order valence-electron chi connectivity index (χ2n) is 2.45. The highest BCUT2D eigenvalue weighted by Gasteiger charge is 2.15. The Morgan fingerprint density at radius 2 is 2.38 bits per heavy atom. The van der Waals surface area contributed by atoms with Crippen molar-refractivity contribution in [1.82, 2.24) is 5.32 Å². The van der Waals surface area contributed by atoms with Gasteiger partial charge in [0.05, 0.1) is 0 Å². The predicted molar refractivity (Wildman–Crippen MR) is 39.5 cm³/mol. The number of hydrogen-bond acceptors (Lipinski definition) is 2. The average Bonchev–Trinajstić information content (AvgIpc) is 1.77. The molecule has 1 nitrogen and oxygen atoms in total. The Labute approximate surface area is 56.3 Å². The molecule has 8 heavy (non-hydrogen) atoms. The van der Waals surface area contributed by atoms with Crippen LogP contribution in [0.4, 0.5) is 0 Å². The van der Waals surface area contributed by atoms with Gasteiger partial charge in [-0.25, -0.2) is 0 Å². The van der Waals surface area contributed by atoms with E-state index < -0.39 is 0 Å². The Kier molecular flexibility index (Phi) is 2.20. The van der Waals surface area contributed by atoms with Crippen molar-refractivity contribution in [3.05, 3.63) is 0 Å². The summed E-state index contributed by atoms with van der Waals surface area (Å²) in [5.41, 5.74) is 0. The Bertz CT molecular complexity index is 64.9. The maximum Gasteiger partial charge on any atom is 0.0168 e. The van der Waals surface area contributed by atoms with E-state index in [1.165, 1.54) is 19.4 Å². The van der Waals surface area contributed by atoms with Crippen LogP contribution in [0.25, 0.3) is 0 Å². The summed E-state index contributed by atoms with van der Waals surface area (Å²) in [6.07, 6.45) is 2.57. The molecule has 2 atom stereocenters. The van der Waals surface area contributed by atoms with Crippen molar-refractivity contribution in [1.29, 1.82) is 0 Å². The Morgan fingerprint density at radius 3 is 2.75 bits per heavy atom. The minimum absolute atomic E-state index is 0.587. The monoisotopic (exact) mass is 131 g/mol. The number of rotatable bonds is 0. The molecule has 1 aliphatic rings. The summed E-state index contributed by atoms with van der Waals surface area (Å²) in [7, 11) is 0. The third-order valence-electron chi connectivity index (χ3n) is 1.72. The highest BCUT2D eigenvalue weighted by atomic mass is 32.1. The normalized spacial score (nSPS) is 39.8. The largest absolute Gasteiger partial charge is 0.313 e. The smallest absolute Gasteiger partial charge is 0.0168 e. The van der Waals surface area contributed by atoms with Gasteiger partial charge in [-0.3, -0.25) is 0 Å². The molecule has 0 saturated carbocycles. The van der Waals surface area contributed by atoms with Gasteiger partial charge in [0, 0.05) is 11.3 Å². The van der Waals surface area contributed by atoms with E-state index in [4.69, 9.17) is 0 Å². The summed E-state index contributed by atoms with van der Waals surface area (Å²) in [6, 6.07) is 0.618. The topological polar surface area (TPSA) is 12.0 Å². The van der Waals surface area contributed by atoms with Crippen molar-refractivity contribution in [3.63, 3.8) is 0 Å². The van der Waals surface area contributed by atoms with Gasteiger partial charge in [-0.15, -0.1) is 0 Å².